The Bertz CT molecular complexity index is 377. The average molecular weight is 230 g/mol. The quantitative estimate of drug-likeness (QED) is 0.802. The fraction of sp³-hybridized carbons (Fsp3) is 0.222. The van der Waals surface area contributed by atoms with E-state index in [-0.39, 0.29) is 17.9 Å². The van der Waals surface area contributed by atoms with Gasteiger partial charge in [0, 0.05) is 12.5 Å². The molecule has 6 heteroatoms. The molecule has 0 saturated carbocycles. The monoisotopic (exact) mass is 230 g/mol. The highest BCUT2D eigenvalue weighted by Gasteiger charge is 2.07. The zero-order valence-electron chi connectivity index (χ0n) is 8.10. The number of carbonyl (C=O) groups is 1. The van der Waals surface area contributed by atoms with Crippen molar-refractivity contribution in [2.24, 2.45) is 0 Å². The van der Waals surface area contributed by atoms with E-state index < -0.39 is 14.2 Å². The average Bonchev–Trinajstić information content (AvgIpc) is 2.17. The van der Waals surface area contributed by atoms with Crippen molar-refractivity contribution < 1.29 is 23.5 Å². The molecule has 0 radical (unpaired) electrons. The number of benzene rings is 1. The molecule has 0 aliphatic rings. The van der Waals surface area contributed by atoms with Crippen LogP contribution in [0, 0.1) is 0 Å². The van der Waals surface area contributed by atoms with Gasteiger partial charge in [-0.3, -0.25) is 4.79 Å². The first-order valence-electron chi connectivity index (χ1n) is 4.33. The summed E-state index contributed by atoms with van der Waals surface area (Å²) in [4.78, 5) is 10.8. The Balaban J connectivity index is 2.55. The van der Waals surface area contributed by atoms with Crippen LogP contribution < -0.4 is 4.52 Å². The lowest BCUT2D eigenvalue weighted by Gasteiger charge is -2.05. The molecule has 0 aliphatic heterocycles. The number of hydrogen-bond acceptors (Lipinski definition) is 5. The fourth-order valence-corrected chi connectivity index (χ4v) is 1.52. The lowest BCUT2D eigenvalue weighted by atomic mass is 10.3. The van der Waals surface area contributed by atoms with Gasteiger partial charge in [-0.2, -0.15) is 0 Å². The molecular weight excluding hydrogens is 219 g/mol. The number of carbonyl (C=O) groups excluding carboxylic acids is 1. The van der Waals surface area contributed by atoms with Crippen LogP contribution in [0.4, 0.5) is 0 Å². The summed E-state index contributed by atoms with van der Waals surface area (Å²) in [5.74, 6) is -0.397. The summed E-state index contributed by atoms with van der Waals surface area (Å²) in [5.41, 5.74) is 0. The van der Waals surface area contributed by atoms with Gasteiger partial charge in [-0.15, -0.1) is 0 Å². The van der Waals surface area contributed by atoms with Gasteiger partial charge in [0.2, 0.25) is 0 Å². The van der Waals surface area contributed by atoms with Gasteiger partial charge < -0.3 is 14.2 Å². The van der Waals surface area contributed by atoms with E-state index in [1.165, 1.54) is 24.3 Å². The molecule has 1 aromatic rings. The normalized spacial score (nSPS) is 11.8. The highest BCUT2D eigenvalue weighted by molar-refractivity contribution is 7.34. The SMILES string of the molecule is CCC(=O)O[PH](=O)Oc1cccc(O)c1. The number of aromatic hydroxyl groups is 1. The van der Waals surface area contributed by atoms with Crippen LogP contribution in [0.5, 0.6) is 11.5 Å². The maximum atomic E-state index is 11.1. The van der Waals surface area contributed by atoms with Crippen molar-refractivity contribution in [3.63, 3.8) is 0 Å². The molecule has 1 rings (SSSR count). The Morgan fingerprint density at radius 2 is 2.27 bits per heavy atom. The highest BCUT2D eigenvalue weighted by Crippen LogP contribution is 2.30. The van der Waals surface area contributed by atoms with Crippen LogP contribution in [0.25, 0.3) is 0 Å². The van der Waals surface area contributed by atoms with E-state index in [0.717, 1.165) is 0 Å². The van der Waals surface area contributed by atoms with Gasteiger partial charge in [-0.05, 0) is 12.1 Å². The molecule has 0 saturated heterocycles. The van der Waals surface area contributed by atoms with E-state index in [2.05, 4.69) is 4.52 Å². The van der Waals surface area contributed by atoms with Crippen LogP contribution in [-0.4, -0.2) is 11.1 Å². The molecule has 5 nitrogen and oxygen atoms in total. The second-order valence-electron chi connectivity index (χ2n) is 2.68. The maximum absolute atomic E-state index is 11.1. The third kappa shape index (κ3) is 4.04. The zero-order chi connectivity index (χ0) is 11.3. The van der Waals surface area contributed by atoms with Crippen LogP contribution in [0.2, 0.25) is 0 Å². The maximum Gasteiger partial charge on any atom is 0.421 e. The molecule has 0 amide bonds. The Morgan fingerprint density at radius 1 is 1.53 bits per heavy atom. The molecule has 1 N–H and O–H groups in total. The van der Waals surface area contributed by atoms with E-state index in [1.54, 1.807) is 6.92 Å². The molecule has 0 aromatic heterocycles. The standard InChI is InChI=1S/C9H11O5P/c1-2-9(11)14-15(12)13-8-5-3-4-7(10)6-8/h3-6,10,15H,2H2,1H3. The van der Waals surface area contributed by atoms with Gasteiger partial charge in [0.05, 0.1) is 0 Å². The van der Waals surface area contributed by atoms with Gasteiger partial charge in [0.1, 0.15) is 11.5 Å². The van der Waals surface area contributed by atoms with Gasteiger partial charge >= 0.3 is 14.2 Å². The van der Waals surface area contributed by atoms with Gasteiger partial charge in [-0.1, -0.05) is 13.0 Å². The topological polar surface area (TPSA) is 72.8 Å². The summed E-state index contributed by atoms with van der Waals surface area (Å²) in [6, 6.07) is 5.76. The molecule has 0 heterocycles. The minimum absolute atomic E-state index is 0.0101. The number of rotatable bonds is 4. The van der Waals surface area contributed by atoms with Crippen molar-refractivity contribution in [1.82, 2.24) is 0 Å². The first-order chi connectivity index (χ1) is 7.11. The van der Waals surface area contributed by atoms with Crippen LogP contribution in [-0.2, 0) is 13.9 Å². The smallest absolute Gasteiger partial charge is 0.421 e. The molecule has 1 atom stereocenters. The molecule has 1 aromatic carbocycles. The molecule has 1 unspecified atom stereocenters. The number of phenolic OH excluding ortho intramolecular Hbond substituents is 1. The lowest BCUT2D eigenvalue weighted by Crippen LogP contribution is -1.97. The molecule has 15 heavy (non-hydrogen) atoms. The summed E-state index contributed by atoms with van der Waals surface area (Å²) in [6.45, 7) is 1.59. The minimum Gasteiger partial charge on any atom is -0.508 e. The van der Waals surface area contributed by atoms with Crippen LogP contribution >= 0.6 is 8.25 Å². The molecule has 0 spiro atoms. The summed E-state index contributed by atoms with van der Waals surface area (Å²) < 4.78 is 20.4. The van der Waals surface area contributed by atoms with Crippen molar-refractivity contribution in [3.8, 4) is 11.5 Å². The third-order valence-electron chi connectivity index (χ3n) is 1.50. The molecule has 0 bridgehead atoms. The van der Waals surface area contributed by atoms with E-state index in [1.807, 2.05) is 0 Å². The Kier molecular flexibility index (Phi) is 4.18. The minimum atomic E-state index is -2.88. The van der Waals surface area contributed by atoms with Crippen molar-refractivity contribution in [2.75, 3.05) is 0 Å². The summed E-state index contributed by atoms with van der Waals surface area (Å²) in [7, 11) is -2.88. The Morgan fingerprint density at radius 3 is 2.87 bits per heavy atom. The van der Waals surface area contributed by atoms with Gasteiger partial charge in [0.25, 0.3) is 0 Å². The summed E-state index contributed by atoms with van der Waals surface area (Å²) in [6.07, 6.45) is 0.139. The van der Waals surface area contributed by atoms with E-state index in [0.29, 0.717) is 0 Å². The van der Waals surface area contributed by atoms with E-state index >= 15 is 0 Å². The second kappa shape index (κ2) is 5.41. The predicted octanol–water partition coefficient (Wildman–Crippen LogP) is 2.11. The van der Waals surface area contributed by atoms with E-state index in [4.69, 9.17) is 9.63 Å². The van der Waals surface area contributed by atoms with E-state index in [9.17, 15) is 9.36 Å². The van der Waals surface area contributed by atoms with Gasteiger partial charge in [0.15, 0.2) is 0 Å². The first kappa shape index (κ1) is 11.6. The van der Waals surface area contributed by atoms with Crippen LogP contribution in [0.15, 0.2) is 24.3 Å². The molecule has 0 aliphatic carbocycles. The Hall–Kier alpha value is -1.48. The summed E-state index contributed by atoms with van der Waals surface area (Å²) in [5, 5.41) is 9.08. The van der Waals surface area contributed by atoms with Crippen molar-refractivity contribution in [1.29, 1.82) is 0 Å². The lowest BCUT2D eigenvalue weighted by molar-refractivity contribution is -0.133. The predicted molar refractivity (Wildman–Crippen MR) is 54.1 cm³/mol. The summed E-state index contributed by atoms with van der Waals surface area (Å²) >= 11 is 0. The van der Waals surface area contributed by atoms with Crippen LogP contribution in [0.3, 0.4) is 0 Å². The van der Waals surface area contributed by atoms with Crippen LogP contribution in [0.1, 0.15) is 13.3 Å². The highest BCUT2D eigenvalue weighted by atomic mass is 31.1. The molecule has 82 valence electrons. The fourth-order valence-electron chi connectivity index (χ4n) is 0.829. The molecular formula is C9H11O5P. The largest absolute Gasteiger partial charge is 0.508 e. The van der Waals surface area contributed by atoms with Crippen molar-refractivity contribution in [3.05, 3.63) is 24.3 Å². The zero-order valence-corrected chi connectivity index (χ0v) is 9.10. The third-order valence-corrected chi connectivity index (χ3v) is 2.30. The molecule has 0 fully saturated rings. The number of hydrogen-bond donors (Lipinski definition) is 1. The Labute approximate surface area is 87.6 Å². The van der Waals surface area contributed by atoms with Crippen molar-refractivity contribution in [2.45, 2.75) is 13.3 Å². The first-order valence-corrected chi connectivity index (χ1v) is 5.56. The number of phenols is 1. The van der Waals surface area contributed by atoms with Crippen molar-refractivity contribution >= 4 is 14.2 Å². The van der Waals surface area contributed by atoms with Gasteiger partial charge in [-0.25, -0.2) is 4.57 Å². The second-order valence-corrected chi connectivity index (χ2v) is 3.59.